The number of aromatic nitrogens is 1. The van der Waals surface area contributed by atoms with Crippen molar-refractivity contribution in [1.29, 1.82) is 0 Å². The molecular formula is C13H9F4N3. The second kappa shape index (κ2) is 5.68. The number of hydrazone groups is 1. The quantitative estimate of drug-likeness (QED) is 0.405. The summed E-state index contributed by atoms with van der Waals surface area (Å²) in [7, 11) is 0. The molecule has 0 bridgehead atoms. The van der Waals surface area contributed by atoms with Crippen LogP contribution in [0.1, 0.15) is 12.5 Å². The van der Waals surface area contributed by atoms with Crippen LogP contribution in [0.2, 0.25) is 0 Å². The fourth-order valence-corrected chi connectivity index (χ4v) is 1.47. The third-order valence-corrected chi connectivity index (χ3v) is 2.52. The van der Waals surface area contributed by atoms with Gasteiger partial charge in [-0.15, -0.1) is 0 Å². The van der Waals surface area contributed by atoms with Gasteiger partial charge >= 0.3 is 0 Å². The summed E-state index contributed by atoms with van der Waals surface area (Å²) >= 11 is 0. The van der Waals surface area contributed by atoms with Crippen molar-refractivity contribution in [3.05, 3.63) is 59.4 Å². The molecule has 0 atom stereocenters. The Hall–Kier alpha value is -2.44. The summed E-state index contributed by atoms with van der Waals surface area (Å²) in [5.41, 5.74) is 2.04. The van der Waals surface area contributed by atoms with Crippen LogP contribution in [0.15, 0.2) is 35.4 Å². The van der Waals surface area contributed by atoms with Gasteiger partial charge in [0.1, 0.15) is 5.69 Å². The van der Waals surface area contributed by atoms with E-state index in [0.29, 0.717) is 11.3 Å². The van der Waals surface area contributed by atoms with Gasteiger partial charge in [-0.3, -0.25) is 5.43 Å². The Morgan fingerprint density at radius 2 is 1.55 bits per heavy atom. The van der Waals surface area contributed by atoms with Crippen LogP contribution in [0.3, 0.4) is 0 Å². The van der Waals surface area contributed by atoms with Gasteiger partial charge in [0, 0.05) is 0 Å². The predicted molar refractivity (Wildman–Crippen MR) is 66.3 cm³/mol. The molecule has 0 aliphatic heterocycles. The number of nitrogens with zero attached hydrogens (tertiary/aromatic N) is 2. The van der Waals surface area contributed by atoms with Crippen LogP contribution < -0.4 is 5.43 Å². The molecule has 1 N–H and O–H groups in total. The standard InChI is InChI=1S/C13H9F4N3/c1-7(8-5-3-2-4-6-8)19-20-11-9(14)12(16)18-13(17)10(11)15/h2-6H,1H3,(H,18,20)/b19-7-. The largest absolute Gasteiger partial charge is 0.272 e. The fraction of sp³-hybridized carbons (Fsp3) is 0.0769. The minimum Gasteiger partial charge on any atom is -0.272 e. The zero-order chi connectivity index (χ0) is 14.7. The molecule has 20 heavy (non-hydrogen) atoms. The van der Waals surface area contributed by atoms with Crippen LogP contribution in [0.4, 0.5) is 23.2 Å². The van der Waals surface area contributed by atoms with E-state index in [-0.39, 0.29) is 0 Å². The molecule has 0 saturated heterocycles. The van der Waals surface area contributed by atoms with Gasteiger partial charge in [0.2, 0.25) is 11.6 Å². The third-order valence-electron chi connectivity index (χ3n) is 2.52. The summed E-state index contributed by atoms with van der Waals surface area (Å²) in [6.45, 7) is 1.58. The van der Waals surface area contributed by atoms with Gasteiger partial charge in [-0.1, -0.05) is 30.3 Å². The lowest BCUT2D eigenvalue weighted by atomic mass is 10.1. The van der Waals surface area contributed by atoms with Gasteiger partial charge in [0.25, 0.3) is 11.9 Å². The Balaban J connectivity index is 2.32. The molecule has 1 aromatic carbocycles. The number of halogens is 4. The average Bonchev–Trinajstić information content (AvgIpc) is 2.46. The van der Waals surface area contributed by atoms with Crippen molar-refractivity contribution in [3.63, 3.8) is 0 Å². The number of benzene rings is 1. The first-order valence-electron chi connectivity index (χ1n) is 5.56. The molecule has 3 nitrogen and oxygen atoms in total. The molecule has 0 unspecified atom stereocenters. The van der Waals surface area contributed by atoms with E-state index >= 15 is 0 Å². The normalized spacial score (nSPS) is 11.6. The van der Waals surface area contributed by atoms with E-state index in [1.54, 1.807) is 37.3 Å². The van der Waals surface area contributed by atoms with E-state index in [4.69, 9.17) is 0 Å². The molecule has 0 saturated carbocycles. The maximum atomic E-state index is 13.3. The molecule has 0 spiro atoms. The van der Waals surface area contributed by atoms with E-state index in [1.165, 1.54) is 0 Å². The molecule has 104 valence electrons. The Labute approximate surface area is 112 Å². The minimum absolute atomic E-state index is 0.391. The second-order valence-corrected chi connectivity index (χ2v) is 3.87. The summed E-state index contributed by atoms with van der Waals surface area (Å²) in [6.07, 6.45) is 0. The molecule has 0 amide bonds. The number of hydrogen-bond acceptors (Lipinski definition) is 3. The van der Waals surface area contributed by atoms with E-state index in [0.717, 1.165) is 0 Å². The van der Waals surface area contributed by atoms with E-state index < -0.39 is 29.2 Å². The van der Waals surface area contributed by atoms with Crippen molar-refractivity contribution in [3.8, 4) is 0 Å². The van der Waals surface area contributed by atoms with Crippen LogP contribution in [0.25, 0.3) is 0 Å². The molecule has 0 fully saturated rings. The molecule has 1 heterocycles. The third kappa shape index (κ3) is 2.76. The van der Waals surface area contributed by atoms with Gasteiger partial charge in [-0.2, -0.15) is 27.6 Å². The van der Waals surface area contributed by atoms with Crippen molar-refractivity contribution in [2.24, 2.45) is 5.10 Å². The first-order chi connectivity index (χ1) is 9.50. The van der Waals surface area contributed by atoms with Crippen LogP contribution in [-0.2, 0) is 0 Å². The monoisotopic (exact) mass is 283 g/mol. The Morgan fingerprint density at radius 1 is 1.00 bits per heavy atom. The van der Waals surface area contributed by atoms with Gasteiger partial charge in [0.15, 0.2) is 0 Å². The number of anilines is 1. The zero-order valence-corrected chi connectivity index (χ0v) is 10.3. The Morgan fingerprint density at radius 3 is 2.10 bits per heavy atom. The summed E-state index contributed by atoms with van der Waals surface area (Å²) in [5, 5.41) is 3.69. The highest BCUT2D eigenvalue weighted by molar-refractivity contribution is 5.99. The molecular weight excluding hydrogens is 274 g/mol. The number of nitrogens with one attached hydrogen (secondary N) is 1. The topological polar surface area (TPSA) is 37.3 Å². The molecule has 2 aromatic rings. The van der Waals surface area contributed by atoms with Crippen molar-refractivity contribution >= 4 is 11.4 Å². The number of hydrogen-bond donors (Lipinski definition) is 1. The number of rotatable bonds is 3. The molecule has 0 aliphatic carbocycles. The predicted octanol–water partition coefficient (Wildman–Crippen LogP) is 3.47. The van der Waals surface area contributed by atoms with E-state index in [2.05, 4.69) is 10.1 Å². The average molecular weight is 283 g/mol. The zero-order valence-electron chi connectivity index (χ0n) is 10.3. The Bertz CT molecular complexity index is 630. The minimum atomic E-state index is -1.74. The maximum Gasteiger partial charge on any atom is 0.254 e. The highest BCUT2D eigenvalue weighted by Crippen LogP contribution is 2.22. The molecule has 1 aromatic heterocycles. The molecule has 7 heteroatoms. The van der Waals surface area contributed by atoms with Crippen LogP contribution in [0, 0.1) is 23.5 Å². The summed E-state index contributed by atoms with van der Waals surface area (Å²) < 4.78 is 52.4. The van der Waals surface area contributed by atoms with Crippen molar-refractivity contribution in [2.45, 2.75) is 6.92 Å². The molecule has 0 aliphatic rings. The number of pyridine rings is 1. The lowest BCUT2D eigenvalue weighted by molar-refractivity contribution is 0.411. The smallest absolute Gasteiger partial charge is 0.254 e. The molecule has 2 rings (SSSR count). The van der Waals surface area contributed by atoms with Crippen LogP contribution in [-0.4, -0.2) is 10.7 Å². The highest BCUT2D eigenvalue weighted by Gasteiger charge is 2.20. The maximum absolute atomic E-state index is 13.3. The lowest BCUT2D eigenvalue weighted by Crippen LogP contribution is -2.07. The lowest BCUT2D eigenvalue weighted by Gasteiger charge is -2.06. The van der Waals surface area contributed by atoms with Gasteiger partial charge in [0.05, 0.1) is 5.71 Å². The van der Waals surface area contributed by atoms with Gasteiger partial charge in [-0.25, -0.2) is 0 Å². The SMILES string of the molecule is C/C(=N/Nc1c(F)c(F)nc(F)c1F)c1ccccc1. The van der Waals surface area contributed by atoms with E-state index in [9.17, 15) is 17.6 Å². The first kappa shape index (κ1) is 14.0. The first-order valence-corrected chi connectivity index (χ1v) is 5.56. The summed E-state index contributed by atoms with van der Waals surface area (Å²) in [5.74, 6) is -6.74. The molecule has 0 radical (unpaired) electrons. The van der Waals surface area contributed by atoms with E-state index in [1.807, 2.05) is 5.43 Å². The highest BCUT2D eigenvalue weighted by atomic mass is 19.2. The Kier molecular flexibility index (Phi) is 3.97. The van der Waals surface area contributed by atoms with Gasteiger partial charge in [-0.05, 0) is 12.5 Å². The summed E-state index contributed by atoms with van der Waals surface area (Å²) in [6, 6.07) is 8.74. The van der Waals surface area contributed by atoms with Crippen molar-refractivity contribution < 1.29 is 17.6 Å². The fourth-order valence-electron chi connectivity index (χ4n) is 1.47. The van der Waals surface area contributed by atoms with Crippen molar-refractivity contribution in [2.75, 3.05) is 5.43 Å². The summed E-state index contributed by atoms with van der Waals surface area (Å²) in [4.78, 5) is 2.45. The van der Waals surface area contributed by atoms with Crippen LogP contribution in [0.5, 0.6) is 0 Å². The second-order valence-electron chi connectivity index (χ2n) is 3.87. The van der Waals surface area contributed by atoms with Crippen molar-refractivity contribution in [1.82, 2.24) is 4.98 Å². The van der Waals surface area contributed by atoms with Gasteiger partial charge < -0.3 is 0 Å². The van der Waals surface area contributed by atoms with Crippen LogP contribution >= 0.6 is 0 Å².